The van der Waals surface area contributed by atoms with Crippen molar-refractivity contribution in [1.82, 2.24) is 15.1 Å². The van der Waals surface area contributed by atoms with E-state index in [4.69, 9.17) is 4.74 Å². The maximum atomic E-state index is 5.70. The van der Waals surface area contributed by atoms with Gasteiger partial charge in [0.1, 0.15) is 0 Å². The minimum Gasteiger partial charge on any atom is -0.381 e. The fraction of sp³-hybridized carbons (Fsp3) is 1.00. The number of hydrogen-bond acceptors (Lipinski definition) is 4. The summed E-state index contributed by atoms with van der Waals surface area (Å²) in [7, 11) is 2.24. The zero-order valence-corrected chi connectivity index (χ0v) is 13.2. The number of piperazine rings is 1. The Morgan fingerprint density at radius 2 is 2.05 bits per heavy atom. The van der Waals surface area contributed by atoms with Gasteiger partial charge in [0.15, 0.2) is 0 Å². The Hall–Kier alpha value is -0.160. The van der Waals surface area contributed by atoms with Crippen LogP contribution in [0.3, 0.4) is 0 Å². The van der Waals surface area contributed by atoms with Gasteiger partial charge in [0.05, 0.1) is 6.61 Å². The van der Waals surface area contributed by atoms with Gasteiger partial charge in [0.25, 0.3) is 0 Å². The van der Waals surface area contributed by atoms with E-state index < -0.39 is 0 Å². The molecule has 2 fully saturated rings. The van der Waals surface area contributed by atoms with Gasteiger partial charge < -0.3 is 10.1 Å². The van der Waals surface area contributed by atoms with E-state index in [1.165, 1.54) is 26.1 Å². The third-order valence-corrected chi connectivity index (χ3v) is 4.89. The summed E-state index contributed by atoms with van der Waals surface area (Å²) in [6, 6.07) is 0. The molecule has 2 saturated heterocycles. The zero-order valence-electron chi connectivity index (χ0n) is 13.2. The minimum absolute atomic E-state index is 0.289. The second kappa shape index (κ2) is 6.08. The number of rotatable bonds is 5. The molecule has 2 aliphatic rings. The van der Waals surface area contributed by atoms with Crippen molar-refractivity contribution in [3.05, 3.63) is 0 Å². The van der Waals surface area contributed by atoms with Crippen molar-refractivity contribution in [3.8, 4) is 0 Å². The third kappa shape index (κ3) is 3.69. The summed E-state index contributed by atoms with van der Waals surface area (Å²) in [5.41, 5.74) is 0.624. The Morgan fingerprint density at radius 3 is 2.63 bits per heavy atom. The molecule has 1 N–H and O–H groups in total. The predicted octanol–water partition coefficient (Wildman–Crippen LogP) is 1.03. The fourth-order valence-corrected chi connectivity index (χ4v) is 3.31. The van der Waals surface area contributed by atoms with Crippen LogP contribution in [0.25, 0.3) is 0 Å². The monoisotopic (exact) mass is 269 g/mol. The van der Waals surface area contributed by atoms with Crippen molar-refractivity contribution in [1.29, 1.82) is 0 Å². The molecule has 2 heterocycles. The Bertz CT molecular complexity index is 287. The normalized spacial score (nSPS) is 32.8. The first kappa shape index (κ1) is 15.2. The number of ether oxygens (including phenoxy) is 1. The van der Waals surface area contributed by atoms with Gasteiger partial charge in [-0.1, -0.05) is 6.92 Å². The molecule has 1 unspecified atom stereocenters. The van der Waals surface area contributed by atoms with E-state index in [1.54, 1.807) is 0 Å². The van der Waals surface area contributed by atoms with E-state index in [0.717, 1.165) is 32.8 Å². The van der Waals surface area contributed by atoms with Crippen molar-refractivity contribution in [3.63, 3.8) is 0 Å². The molecule has 0 aliphatic carbocycles. The Morgan fingerprint density at radius 1 is 1.26 bits per heavy atom. The number of nitrogens with one attached hydrogen (secondary N) is 1. The molecule has 0 spiro atoms. The lowest BCUT2D eigenvalue weighted by molar-refractivity contribution is 0.0128. The summed E-state index contributed by atoms with van der Waals surface area (Å²) in [6.07, 6.45) is 1.20. The van der Waals surface area contributed by atoms with Crippen LogP contribution in [-0.4, -0.2) is 74.9 Å². The van der Waals surface area contributed by atoms with E-state index in [0.29, 0.717) is 5.41 Å². The molecule has 2 aliphatic heterocycles. The van der Waals surface area contributed by atoms with Gasteiger partial charge in [-0.05, 0) is 33.9 Å². The van der Waals surface area contributed by atoms with Crippen LogP contribution >= 0.6 is 0 Å². The van der Waals surface area contributed by atoms with Crippen LogP contribution in [0.4, 0.5) is 0 Å². The second-order valence-corrected chi connectivity index (χ2v) is 7.03. The SMILES string of the molecule is CCNCC1(CN2CCN(C)C(C)(C)C2)CCOC1. The molecule has 0 aromatic rings. The van der Waals surface area contributed by atoms with Crippen LogP contribution in [0.15, 0.2) is 0 Å². The average molecular weight is 269 g/mol. The average Bonchev–Trinajstić information content (AvgIpc) is 2.80. The summed E-state index contributed by atoms with van der Waals surface area (Å²) in [6.45, 7) is 15.6. The molecular formula is C15H31N3O. The lowest BCUT2D eigenvalue weighted by Crippen LogP contribution is -2.60. The first-order valence-electron chi connectivity index (χ1n) is 7.70. The van der Waals surface area contributed by atoms with E-state index in [1.807, 2.05) is 0 Å². The van der Waals surface area contributed by atoms with Gasteiger partial charge in [-0.25, -0.2) is 0 Å². The first-order valence-corrected chi connectivity index (χ1v) is 7.70. The molecular weight excluding hydrogens is 238 g/mol. The summed E-state index contributed by atoms with van der Waals surface area (Å²) in [4.78, 5) is 5.12. The molecule has 0 amide bonds. The van der Waals surface area contributed by atoms with Crippen LogP contribution in [0.5, 0.6) is 0 Å². The second-order valence-electron chi connectivity index (χ2n) is 7.03. The van der Waals surface area contributed by atoms with Crippen molar-refractivity contribution < 1.29 is 4.74 Å². The lowest BCUT2D eigenvalue weighted by atomic mass is 9.85. The molecule has 0 radical (unpaired) electrons. The Balaban J connectivity index is 1.94. The molecule has 4 nitrogen and oxygen atoms in total. The van der Waals surface area contributed by atoms with Crippen LogP contribution in [-0.2, 0) is 4.74 Å². The van der Waals surface area contributed by atoms with E-state index >= 15 is 0 Å². The molecule has 1 atom stereocenters. The van der Waals surface area contributed by atoms with Crippen LogP contribution in [0, 0.1) is 5.41 Å². The summed E-state index contributed by atoms with van der Waals surface area (Å²) < 4.78 is 5.70. The molecule has 112 valence electrons. The highest BCUT2D eigenvalue weighted by Gasteiger charge is 2.39. The van der Waals surface area contributed by atoms with Crippen LogP contribution in [0.2, 0.25) is 0 Å². The number of nitrogens with zero attached hydrogens (tertiary/aromatic N) is 2. The highest BCUT2D eigenvalue weighted by molar-refractivity contribution is 4.94. The first-order chi connectivity index (χ1) is 8.97. The van der Waals surface area contributed by atoms with Gasteiger partial charge in [-0.2, -0.15) is 0 Å². The molecule has 0 aromatic carbocycles. The predicted molar refractivity (Wildman–Crippen MR) is 79.6 cm³/mol. The van der Waals surface area contributed by atoms with Crippen molar-refractivity contribution >= 4 is 0 Å². The van der Waals surface area contributed by atoms with Gasteiger partial charge in [-0.15, -0.1) is 0 Å². The Labute approximate surface area is 118 Å². The third-order valence-electron chi connectivity index (χ3n) is 4.89. The van der Waals surface area contributed by atoms with E-state index in [2.05, 4.69) is 42.9 Å². The topological polar surface area (TPSA) is 27.7 Å². The van der Waals surface area contributed by atoms with Crippen molar-refractivity contribution in [2.75, 3.05) is 59.5 Å². The van der Waals surface area contributed by atoms with E-state index in [9.17, 15) is 0 Å². The van der Waals surface area contributed by atoms with Crippen LogP contribution < -0.4 is 5.32 Å². The molecule has 19 heavy (non-hydrogen) atoms. The maximum Gasteiger partial charge on any atom is 0.0547 e. The zero-order chi connectivity index (χ0) is 13.9. The molecule has 0 aromatic heterocycles. The van der Waals surface area contributed by atoms with Crippen LogP contribution in [0.1, 0.15) is 27.2 Å². The highest BCUT2D eigenvalue weighted by atomic mass is 16.5. The number of hydrogen-bond donors (Lipinski definition) is 1. The quantitative estimate of drug-likeness (QED) is 0.807. The summed E-state index contributed by atoms with van der Waals surface area (Å²) in [5.74, 6) is 0. The molecule has 2 rings (SSSR count). The minimum atomic E-state index is 0.289. The largest absolute Gasteiger partial charge is 0.381 e. The van der Waals surface area contributed by atoms with Gasteiger partial charge >= 0.3 is 0 Å². The molecule has 4 heteroatoms. The maximum absolute atomic E-state index is 5.70. The van der Waals surface area contributed by atoms with Gasteiger partial charge in [-0.3, -0.25) is 9.80 Å². The highest BCUT2D eigenvalue weighted by Crippen LogP contribution is 2.31. The molecule has 0 bridgehead atoms. The molecule has 0 saturated carbocycles. The van der Waals surface area contributed by atoms with Gasteiger partial charge in [0.2, 0.25) is 0 Å². The summed E-state index contributed by atoms with van der Waals surface area (Å²) in [5, 5.41) is 3.53. The standard InChI is InChI=1S/C15H31N3O/c1-5-16-10-15(6-9-19-13-15)12-18-8-7-17(4)14(2,3)11-18/h16H,5-13H2,1-4H3. The lowest BCUT2D eigenvalue weighted by Gasteiger charge is -2.47. The fourth-order valence-electron chi connectivity index (χ4n) is 3.31. The Kier molecular flexibility index (Phi) is 4.88. The van der Waals surface area contributed by atoms with Crippen molar-refractivity contribution in [2.45, 2.75) is 32.7 Å². The van der Waals surface area contributed by atoms with Gasteiger partial charge in [0, 0.05) is 50.3 Å². The van der Waals surface area contributed by atoms with Crippen molar-refractivity contribution in [2.24, 2.45) is 5.41 Å². The smallest absolute Gasteiger partial charge is 0.0547 e. The number of likely N-dealkylation sites (N-methyl/N-ethyl adjacent to an activating group) is 1. The van der Waals surface area contributed by atoms with E-state index in [-0.39, 0.29) is 5.54 Å². The summed E-state index contributed by atoms with van der Waals surface area (Å²) >= 11 is 0.